The molecule has 2 aliphatic rings. The molecule has 3 rings (SSSR count). The summed E-state index contributed by atoms with van der Waals surface area (Å²) in [6.45, 7) is 8.07. The monoisotopic (exact) mass is 373 g/mol. The summed E-state index contributed by atoms with van der Waals surface area (Å²) in [5, 5.41) is 3.06. The van der Waals surface area contributed by atoms with Crippen molar-refractivity contribution in [2.75, 3.05) is 76.7 Å². The van der Waals surface area contributed by atoms with Gasteiger partial charge in [0.2, 0.25) is 0 Å². The number of hydrogen-bond donors (Lipinski definition) is 1. The highest BCUT2D eigenvalue weighted by molar-refractivity contribution is 5.89. The van der Waals surface area contributed by atoms with E-state index in [4.69, 9.17) is 0 Å². The molecule has 2 aliphatic heterocycles. The predicted octanol–water partition coefficient (Wildman–Crippen LogP) is 2.78. The third-order valence-corrected chi connectivity index (χ3v) is 5.58. The van der Waals surface area contributed by atoms with E-state index in [-0.39, 0.29) is 6.03 Å². The number of anilines is 2. The SMILES string of the molecule is CN(C)CCCN1CCN(C(=O)Nc2ccc(N3CCCCC3)cc2)CC1. The molecule has 0 bridgehead atoms. The molecule has 6 heteroatoms. The zero-order valence-corrected chi connectivity index (χ0v) is 17.0. The Morgan fingerprint density at radius 2 is 1.63 bits per heavy atom. The molecule has 27 heavy (non-hydrogen) atoms. The van der Waals surface area contributed by atoms with Crippen LogP contribution in [0.15, 0.2) is 24.3 Å². The fourth-order valence-corrected chi connectivity index (χ4v) is 3.90. The van der Waals surface area contributed by atoms with Gasteiger partial charge in [0.1, 0.15) is 0 Å². The summed E-state index contributed by atoms with van der Waals surface area (Å²) >= 11 is 0. The van der Waals surface area contributed by atoms with Crippen molar-refractivity contribution in [1.82, 2.24) is 14.7 Å². The van der Waals surface area contributed by atoms with E-state index in [1.807, 2.05) is 17.0 Å². The molecule has 0 spiro atoms. The summed E-state index contributed by atoms with van der Waals surface area (Å²) in [7, 11) is 4.22. The Morgan fingerprint density at radius 1 is 0.963 bits per heavy atom. The van der Waals surface area contributed by atoms with Gasteiger partial charge in [-0.05, 0) is 77.1 Å². The van der Waals surface area contributed by atoms with Crippen LogP contribution in [0.1, 0.15) is 25.7 Å². The van der Waals surface area contributed by atoms with Gasteiger partial charge in [-0.25, -0.2) is 4.79 Å². The second-order valence-corrected chi connectivity index (χ2v) is 8.01. The first-order chi connectivity index (χ1) is 13.1. The maximum Gasteiger partial charge on any atom is 0.321 e. The molecule has 2 amide bonds. The lowest BCUT2D eigenvalue weighted by atomic mass is 10.1. The number of carbonyl (C=O) groups excluding carboxylic acids is 1. The van der Waals surface area contributed by atoms with Gasteiger partial charge in [-0.15, -0.1) is 0 Å². The van der Waals surface area contributed by atoms with Gasteiger partial charge in [0, 0.05) is 50.6 Å². The molecule has 0 atom stereocenters. The molecule has 0 saturated carbocycles. The Bertz CT molecular complexity index is 575. The van der Waals surface area contributed by atoms with Crippen LogP contribution in [0.4, 0.5) is 16.2 Å². The summed E-state index contributed by atoms with van der Waals surface area (Å²) in [5.41, 5.74) is 2.15. The second-order valence-electron chi connectivity index (χ2n) is 8.01. The van der Waals surface area contributed by atoms with Crippen LogP contribution in [0.5, 0.6) is 0 Å². The van der Waals surface area contributed by atoms with Crippen molar-refractivity contribution >= 4 is 17.4 Å². The Balaban J connectivity index is 1.41. The van der Waals surface area contributed by atoms with E-state index < -0.39 is 0 Å². The van der Waals surface area contributed by atoms with E-state index in [1.54, 1.807) is 0 Å². The average Bonchev–Trinajstić information content (AvgIpc) is 2.69. The van der Waals surface area contributed by atoms with Gasteiger partial charge in [0.15, 0.2) is 0 Å². The molecule has 2 heterocycles. The average molecular weight is 374 g/mol. The molecular formula is C21H35N5O. The van der Waals surface area contributed by atoms with Gasteiger partial charge in [-0.2, -0.15) is 0 Å². The van der Waals surface area contributed by atoms with Gasteiger partial charge < -0.3 is 20.0 Å². The van der Waals surface area contributed by atoms with E-state index in [0.29, 0.717) is 0 Å². The minimum absolute atomic E-state index is 0.0219. The fraction of sp³-hybridized carbons (Fsp3) is 0.667. The van der Waals surface area contributed by atoms with E-state index in [1.165, 1.54) is 31.4 Å². The number of piperidine rings is 1. The number of amides is 2. The van der Waals surface area contributed by atoms with Crippen molar-refractivity contribution in [3.05, 3.63) is 24.3 Å². The first-order valence-electron chi connectivity index (χ1n) is 10.4. The van der Waals surface area contributed by atoms with E-state index in [2.05, 4.69) is 46.2 Å². The van der Waals surface area contributed by atoms with Crippen molar-refractivity contribution in [3.8, 4) is 0 Å². The van der Waals surface area contributed by atoms with Gasteiger partial charge in [-0.3, -0.25) is 4.90 Å². The number of piperazine rings is 1. The molecule has 0 aliphatic carbocycles. The van der Waals surface area contributed by atoms with Crippen molar-refractivity contribution < 1.29 is 4.79 Å². The molecule has 1 aromatic rings. The largest absolute Gasteiger partial charge is 0.372 e. The predicted molar refractivity (Wildman–Crippen MR) is 113 cm³/mol. The first kappa shape index (κ1) is 20.0. The van der Waals surface area contributed by atoms with Crippen LogP contribution in [0.25, 0.3) is 0 Å². The third-order valence-electron chi connectivity index (χ3n) is 5.58. The van der Waals surface area contributed by atoms with Crippen LogP contribution in [-0.4, -0.2) is 87.2 Å². The number of nitrogens with zero attached hydrogens (tertiary/aromatic N) is 4. The minimum Gasteiger partial charge on any atom is -0.372 e. The maximum absolute atomic E-state index is 12.5. The number of urea groups is 1. The van der Waals surface area contributed by atoms with Crippen LogP contribution in [-0.2, 0) is 0 Å². The van der Waals surface area contributed by atoms with Gasteiger partial charge in [0.25, 0.3) is 0 Å². The highest BCUT2D eigenvalue weighted by Gasteiger charge is 2.21. The Labute approximate surface area is 164 Å². The molecule has 0 aromatic heterocycles. The zero-order chi connectivity index (χ0) is 19.1. The summed E-state index contributed by atoms with van der Waals surface area (Å²) in [6, 6.07) is 8.33. The molecule has 2 fully saturated rings. The molecule has 150 valence electrons. The lowest BCUT2D eigenvalue weighted by molar-refractivity contribution is 0.144. The number of benzene rings is 1. The third kappa shape index (κ3) is 6.11. The second kappa shape index (κ2) is 9.95. The highest BCUT2D eigenvalue weighted by atomic mass is 16.2. The van der Waals surface area contributed by atoms with Crippen LogP contribution < -0.4 is 10.2 Å². The quantitative estimate of drug-likeness (QED) is 0.833. The summed E-state index contributed by atoms with van der Waals surface area (Å²) in [5.74, 6) is 0. The minimum atomic E-state index is 0.0219. The summed E-state index contributed by atoms with van der Waals surface area (Å²) in [6.07, 6.45) is 5.08. The molecule has 0 radical (unpaired) electrons. The number of rotatable bonds is 6. The highest BCUT2D eigenvalue weighted by Crippen LogP contribution is 2.22. The lowest BCUT2D eigenvalue weighted by Gasteiger charge is -2.35. The number of nitrogens with one attached hydrogen (secondary N) is 1. The van der Waals surface area contributed by atoms with Crippen LogP contribution in [0.2, 0.25) is 0 Å². The molecular weight excluding hydrogens is 338 g/mol. The van der Waals surface area contributed by atoms with E-state index in [9.17, 15) is 4.79 Å². The van der Waals surface area contributed by atoms with Crippen molar-refractivity contribution in [2.24, 2.45) is 0 Å². The van der Waals surface area contributed by atoms with Crippen molar-refractivity contribution in [1.29, 1.82) is 0 Å². The van der Waals surface area contributed by atoms with Gasteiger partial charge in [0.05, 0.1) is 0 Å². The van der Waals surface area contributed by atoms with Crippen LogP contribution in [0, 0.1) is 0 Å². The molecule has 1 N–H and O–H groups in total. The van der Waals surface area contributed by atoms with E-state index in [0.717, 1.165) is 58.0 Å². The van der Waals surface area contributed by atoms with Gasteiger partial charge in [-0.1, -0.05) is 0 Å². The summed E-state index contributed by atoms with van der Waals surface area (Å²) < 4.78 is 0. The van der Waals surface area contributed by atoms with E-state index >= 15 is 0 Å². The topological polar surface area (TPSA) is 42.1 Å². The molecule has 0 unspecified atom stereocenters. The summed E-state index contributed by atoms with van der Waals surface area (Å²) in [4.78, 5) is 21.6. The Hall–Kier alpha value is -1.79. The Morgan fingerprint density at radius 3 is 2.26 bits per heavy atom. The van der Waals surface area contributed by atoms with Crippen molar-refractivity contribution in [2.45, 2.75) is 25.7 Å². The maximum atomic E-state index is 12.5. The first-order valence-corrected chi connectivity index (χ1v) is 10.4. The van der Waals surface area contributed by atoms with Crippen LogP contribution in [0.3, 0.4) is 0 Å². The lowest BCUT2D eigenvalue weighted by Crippen LogP contribution is -2.50. The zero-order valence-electron chi connectivity index (χ0n) is 17.0. The molecule has 2 saturated heterocycles. The Kier molecular flexibility index (Phi) is 7.35. The standard InChI is InChI=1S/C21H35N5O/c1-23(2)11-6-12-24-15-17-26(18-16-24)21(27)22-19-7-9-20(10-8-19)25-13-4-3-5-14-25/h7-10H,3-6,11-18H2,1-2H3,(H,22,27). The molecule has 1 aromatic carbocycles. The van der Waals surface area contributed by atoms with Crippen molar-refractivity contribution in [3.63, 3.8) is 0 Å². The smallest absolute Gasteiger partial charge is 0.321 e. The number of hydrogen-bond acceptors (Lipinski definition) is 4. The fourth-order valence-electron chi connectivity index (χ4n) is 3.90. The van der Waals surface area contributed by atoms with Crippen LogP contribution >= 0.6 is 0 Å². The normalized spacial score (nSPS) is 18.8. The van der Waals surface area contributed by atoms with Gasteiger partial charge >= 0.3 is 6.03 Å². The molecule has 6 nitrogen and oxygen atoms in total. The number of carbonyl (C=O) groups is 1.